The van der Waals surface area contributed by atoms with Crippen LogP contribution in [0.4, 0.5) is 13.2 Å². The molecule has 0 radical (unpaired) electrons. The molecule has 0 saturated heterocycles. The number of hydrogen-bond donors (Lipinski definition) is 2. The van der Waals surface area contributed by atoms with E-state index in [1.165, 1.54) is 12.1 Å². The van der Waals surface area contributed by atoms with E-state index in [-0.39, 0.29) is 17.8 Å². The van der Waals surface area contributed by atoms with Gasteiger partial charge in [-0.2, -0.15) is 13.2 Å². The van der Waals surface area contributed by atoms with Crippen molar-refractivity contribution in [2.75, 3.05) is 6.54 Å². The second-order valence-corrected chi connectivity index (χ2v) is 5.26. The number of nitrogens with one attached hydrogen (secondary N) is 1. The lowest BCUT2D eigenvalue weighted by Gasteiger charge is -2.40. The van der Waals surface area contributed by atoms with Gasteiger partial charge >= 0.3 is 6.18 Å². The molecule has 2 N–H and O–H groups in total. The molecule has 1 aliphatic rings. The molecule has 0 aromatic carbocycles. The minimum absolute atomic E-state index is 0.00260. The molecule has 6 heteroatoms. The van der Waals surface area contributed by atoms with Gasteiger partial charge in [0.15, 0.2) is 0 Å². The molecule has 1 aliphatic carbocycles. The molecule has 1 heterocycles. The number of nitrogens with zero attached hydrogens (tertiary/aromatic N) is 1. The van der Waals surface area contributed by atoms with Crippen LogP contribution in [-0.2, 0) is 6.18 Å². The van der Waals surface area contributed by atoms with Crippen molar-refractivity contribution in [1.29, 1.82) is 0 Å². The lowest BCUT2D eigenvalue weighted by atomic mass is 9.78. The van der Waals surface area contributed by atoms with Crippen LogP contribution in [0.5, 0.6) is 0 Å². The summed E-state index contributed by atoms with van der Waals surface area (Å²) in [5, 5.41) is 13.1. The molecule has 106 valence electrons. The Morgan fingerprint density at radius 3 is 2.63 bits per heavy atom. The third kappa shape index (κ3) is 3.45. The quantitative estimate of drug-likeness (QED) is 0.887. The minimum atomic E-state index is -4.48. The van der Waals surface area contributed by atoms with Gasteiger partial charge < -0.3 is 10.4 Å². The molecule has 1 aromatic heterocycles. The number of halogens is 3. The molecule has 2 rings (SSSR count). The molecule has 0 spiro atoms. The Kier molecular flexibility index (Phi) is 3.82. The number of pyridine rings is 1. The molecule has 1 fully saturated rings. The Balaban J connectivity index is 2.00. The first kappa shape index (κ1) is 14.3. The van der Waals surface area contributed by atoms with Crippen molar-refractivity contribution >= 4 is 0 Å². The van der Waals surface area contributed by atoms with E-state index in [1.807, 2.05) is 6.92 Å². The number of rotatable bonds is 4. The molecule has 0 amide bonds. The van der Waals surface area contributed by atoms with Crippen LogP contribution in [0, 0.1) is 0 Å². The maximum Gasteiger partial charge on any atom is 0.433 e. The van der Waals surface area contributed by atoms with E-state index in [2.05, 4.69) is 10.3 Å². The summed E-state index contributed by atoms with van der Waals surface area (Å²) < 4.78 is 37.5. The molecule has 3 nitrogen and oxygen atoms in total. The Morgan fingerprint density at radius 2 is 2.11 bits per heavy atom. The number of aliphatic hydroxyl groups is 1. The third-order valence-corrected chi connectivity index (χ3v) is 3.58. The maximum absolute atomic E-state index is 12.5. The van der Waals surface area contributed by atoms with Crippen LogP contribution in [0.25, 0.3) is 0 Å². The Bertz CT molecular complexity index is 444. The number of aliphatic hydroxyl groups excluding tert-OH is 1. The minimum Gasteiger partial charge on any atom is -0.385 e. The summed E-state index contributed by atoms with van der Waals surface area (Å²) in [5.41, 5.74) is -0.924. The highest BCUT2D eigenvalue weighted by atomic mass is 19.4. The molecular formula is C13H17F3N2O. The predicted molar refractivity (Wildman–Crippen MR) is 64.5 cm³/mol. The van der Waals surface area contributed by atoms with Crippen LogP contribution in [-0.4, -0.2) is 22.2 Å². The summed E-state index contributed by atoms with van der Waals surface area (Å²) >= 11 is 0. The SMILES string of the molecule is CC1(NC[C@@H](O)c2cccc(C(F)(F)F)n2)CCC1. The fourth-order valence-corrected chi connectivity index (χ4v) is 2.13. The average molecular weight is 274 g/mol. The van der Waals surface area contributed by atoms with E-state index >= 15 is 0 Å². The first-order chi connectivity index (χ1) is 8.80. The normalized spacial score (nSPS) is 19.8. The van der Waals surface area contributed by atoms with Crippen molar-refractivity contribution in [3.8, 4) is 0 Å². The van der Waals surface area contributed by atoms with Crippen molar-refractivity contribution in [1.82, 2.24) is 10.3 Å². The van der Waals surface area contributed by atoms with Crippen LogP contribution in [0.3, 0.4) is 0 Å². The van der Waals surface area contributed by atoms with E-state index < -0.39 is 18.0 Å². The van der Waals surface area contributed by atoms with Crippen molar-refractivity contribution in [3.63, 3.8) is 0 Å². The van der Waals surface area contributed by atoms with Crippen molar-refractivity contribution in [2.45, 2.75) is 44.0 Å². The molecule has 1 saturated carbocycles. The monoisotopic (exact) mass is 274 g/mol. The first-order valence-electron chi connectivity index (χ1n) is 6.27. The van der Waals surface area contributed by atoms with Crippen LogP contribution in [0.2, 0.25) is 0 Å². The van der Waals surface area contributed by atoms with Gasteiger partial charge in [0, 0.05) is 12.1 Å². The van der Waals surface area contributed by atoms with Crippen molar-refractivity contribution < 1.29 is 18.3 Å². The molecule has 0 unspecified atom stereocenters. The highest BCUT2D eigenvalue weighted by molar-refractivity contribution is 5.15. The topological polar surface area (TPSA) is 45.1 Å². The molecule has 1 atom stereocenters. The van der Waals surface area contributed by atoms with Crippen molar-refractivity contribution in [2.24, 2.45) is 0 Å². The van der Waals surface area contributed by atoms with Crippen LogP contribution in [0.1, 0.15) is 43.7 Å². The predicted octanol–water partition coefficient (Wildman–Crippen LogP) is 2.67. The number of hydrogen-bond acceptors (Lipinski definition) is 3. The van der Waals surface area contributed by atoms with Gasteiger partial charge in [-0.3, -0.25) is 0 Å². The first-order valence-corrected chi connectivity index (χ1v) is 6.27. The largest absolute Gasteiger partial charge is 0.433 e. The lowest BCUT2D eigenvalue weighted by molar-refractivity contribution is -0.141. The van der Waals surface area contributed by atoms with Gasteiger partial charge in [0.05, 0.1) is 5.69 Å². The number of aromatic nitrogens is 1. The average Bonchev–Trinajstić information content (AvgIpc) is 2.33. The second kappa shape index (κ2) is 5.09. The highest BCUT2D eigenvalue weighted by Crippen LogP contribution is 2.31. The zero-order valence-corrected chi connectivity index (χ0v) is 10.7. The van der Waals surface area contributed by atoms with Gasteiger partial charge in [0.1, 0.15) is 11.8 Å². The number of β-amino-alcohol motifs (C(OH)–C–C–N with tert-alkyl or cyclic N) is 1. The summed E-state index contributed by atoms with van der Waals surface area (Å²) in [5.74, 6) is 0. The summed E-state index contributed by atoms with van der Waals surface area (Å²) in [4.78, 5) is 3.47. The van der Waals surface area contributed by atoms with Gasteiger partial charge in [-0.05, 0) is 38.3 Å². The second-order valence-electron chi connectivity index (χ2n) is 5.26. The van der Waals surface area contributed by atoms with E-state index in [0.29, 0.717) is 0 Å². The third-order valence-electron chi connectivity index (χ3n) is 3.58. The van der Waals surface area contributed by atoms with Crippen LogP contribution >= 0.6 is 0 Å². The lowest BCUT2D eigenvalue weighted by Crippen LogP contribution is -2.49. The van der Waals surface area contributed by atoms with Crippen LogP contribution < -0.4 is 5.32 Å². The van der Waals surface area contributed by atoms with Gasteiger partial charge in [0.2, 0.25) is 0 Å². The van der Waals surface area contributed by atoms with E-state index in [4.69, 9.17) is 0 Å². The van der Waals surface area contributed by atoms with Gasteiger partial charge in [-0.25, -0.2) is 4.98 Å². The van der Waals surface area contributed by atoms with Gasteiger partial charge in [-0.15, -0.1) is 0 Å². The molecule has 0 aliphatic heterocycles. The zero-order chi connectivity index (χ0) is 14.1. The van der Waals surface area contributed by atoms with Crippen molar-refractivity contribution in [3.05, 3.63) is 29.6 Å². The zero-order valence-electron chi connectivity index (χ0n) is 10.7. The summed E-state index contributed by atoms with van der Waals surface area (Å²) in [6.45, 7) is 2.26. The summed E-state index contributed by atoms with van der Waals surface area (Å²) in [7, 11) is 0. The Hall–Kier alpha value is -1.14. The maximum atomic E-state index is 12.5. The van der Waals surface area contributed by atoms with Gasteiger partial charge in [-0.1, -0.05) is 6.07 Å². The Morgan fingerprint density at radius 1 is 1.42 bits per heavy atom. The molecular weight excluding hydrogens is 257 g/mol. The molecule has 19 heavy (non-hydrogen) atoms. The number of alkyl halides is 3. The van der Waals surface area contributed by atoms with E-state index in [9.17, 15) is 18.3 Å². The summed E-state index contributed by atoms with van der Waals surface area (Å²) in [6.07, 6.45) is -2.32. The molecule has 1 aromatic rings. The van der Waals surface area contributed by atoms with E-state index in [0.717, 1.165) is 25.3 Å². The van der Waals surface area contributed by atoms with Crippen LogP contribution in [0.15, 0.2) is 18.2 Å². The highest BCUT2D eigenvalue weighted by Gasteiger charge is 2.34. The van der Waals surface area contributed by atoms with Gasteiger partial charge in [0.25, 0.3) is 0 Å². The fraction of sp³-hybridized carbons (Fsp3) is 0.615. The van der Waals surface area contributed by atoms with E-state index in [1.54, 1.807) is 0 Å². The Labute approximate surface area is 109 Å². The summed E-state index contributed by atoms with van der Waals surface area (Å²) in [6, 6.07) is 3.57. The molecule has 0 bridgehead atoms. The fourth-order valence-electron chi connectivity index (χ4n) is 2.13. The standard InChI is InChI=1S/C13H17F3N2O/c1-12(6-3-7-12)17-8-10(19)9-4-2-5-11(18-9)13(14,15)16/h2,4-5,10,17,19H,3,6-8H2,1H3/t10-/m1/s1. The smallest absolute Gasteiger partial charge is 0.385 e.